The monoisotopic (exact) mass is 332 g/mol. The Balaban J connectivity index is 2.77. The van der Waals surface area contributed by atoms with E-state index in [1.165, 1.54) is 18.0 Å². The zero-order valence-corrected chi connectivity index (χ0v) is 12.1. The van der Waals surface area contributed by atoms with Crippen LogP contribution in [0.5, 0.6) is 0 Å². The SMILES string of the molecule is Cc1ccc(F)c(Br)c1NC(=O)N(C)CCC(=O)O. The lowest BCUT2D eigenvalue weighted by atomic mass is 10.2. The zero-order valence-electron chi connectivity index (χ0n) is 10.5. The fourth-order valence-corrected chi connectivity index (χ4v) is 1.91. The van der Waals surface area contributed by atoms with Crippen molar-refractivity contribution in [2.75, 3.05) is 18.9 Å². The maximum atomic E-state index is 13.4. The predicted octanol–water partition coefficient (Wildman–Crippen LogP) is 2.84. The second-order valence-corrected chi connectivity index (χ2v) is 4.84. The van der Waals surface area contributed by atoms with Crippen molar-refractivity contribution in [3.05, 3.63) is 28.0 Å². The number of halogens is 2. The maximum absolute atomic E-state index is 13.4. The number of amides is 2. The number of anilines is 1. The Morgan fingerprint density at radius 2 is 2.11 bits per heavy atom. The van der Waals surface area contributed by atoms with Gasteiger partial charge in [0.1, 0.15) is 5.82 Å². The molecule has 1 aromatic carbocycles. The molecule has 0 heterocycles. The number of aliphatic carboxylic acids is 1. The van der Waals surface area contributed by atoms with Crippen LogP contribution in [-0.2, 0) is 4.79 Å². The molecule has 0 atom stereocenters. The van der Waals surface area contributed by atoms with Crippen LogP contribution in [0.2, 0.25) is 0 Å². The molecule has 0 radical (unpaired) electrons. The van der Waals surface area contributed by atoms with E-state index in [0.717, 1.165) is 0 Å². The van der Waals surface area contributed by atoms with Crippen molar-refractivity contribution in [2.24, 2.45) is 0 Å². The van der Waals surface area contributed by atoms with E-state index in [2.05, 4.69) is 21.2 Å². The van der Waals surface area contributed by atoms with Gasteiger partial charge in [0.2, 0.25) is 0 Å². The summed E-state index contributed by atoms with van der Waals surface area (Å²) in [5.74, 6) is -1.46. The minimum Gasteiger partial charge on any atom is -0.481 e. The molecule has 0 spiro atoms. The Kier molecular flexibility index (Phi) is 5.29. The van der Waals surface area contributed by atoms with E-state index in [0.29, 0.717) is 11.3 Å². The van der Waals surface area contributed by atoms with Gasteiger partial charge in [-0.25, -0.2) is 9.18 Å². The molecule has 0 fully saturated rings. The number of carboxylic acids is 1. The highest BCUT2D eigenvalue weighted by molar-refractivity contribution is 9.10. The molecule has 0 aliphatic rings. The summed E-state index contributed by atoms with van der Waals surface area (Å²) in [5.41, 5.74) is 1.04. The molecule has 104 valence electrons. The third kappa shape index (κ3) is 4.20. The summed E-state index contributed by atoms with van der Waals surface area (Å²) in [4.78, 5) is 23.5. The molecule has 2 N–H and O–H groups in total. The lowest BCUT2D eigenvalue weighted by molar-refractivity contribution is -0.137. The van der Waals surface area contributed by atoms with Crippen LogP contribution in [0.1, 0.15) is 12.0 Å². The predicted molar refractivity (Wildman–Crippen MR) is 72.7 cm³/mol. The number of aryl methyl sites for hydroxylation is 1. The van der Waals surface area contributed by atoms with Crippen LogP contribution in [0.15, 0.2) is 16.6 Å². The van der Waals surface area contributed by atoms with Gasteiger partial charge in [-0.3, -0.25) is 4.79 Å². The minimum atomic E-state index is -0.984. The van der Waals surface area contributed by atoms with E-state index in [1.807, 2.05) is 0 Å². The summed E-state index contributed by atoms with van der Waals surface area (Å²) >= 11 is 3.07. The first kappa shape index (κ1) is 15.4. The number of rotatable bonds is 4. The van der Waals surface area contributed by atoms with E-state index in [9.17, 15) is 14.0 Å². The molecule has 5 nitrogen and oxygen atoms in total. The van der Waals surface area contributed by atoms with Crippen molar-refractivity contribution in [1.82, 2.24) is 4.90 Å². The van der Waals surface area contributed by atoms with Gasteiger partial charge in [0.15, 0.2) is 0 Å². The summed E-state index contributed by atoms with van der Waals surface area (Å²) in [7, 11) is 1.47. The van der Waals surface area contributed by atoms with Gasteiger partial charge < -0.3 is 15.3 Å². The molecule has 0 aliphatic carbocycles. The Labute approximate surface area is 118 Å². The van der Waals surface area contributed by atoms with Crippen molar-refractivity contribution in [1.29, 1.82) is 0 Å². The van der Waals surface area contributed by atoms with Gasteiger partial charge in [0, 0.05) is 13.6 Å². The van der Waals surface area contributed by atoms with E-state index in [1.54, 1.807) is 13.0 Å². The van der Waals surface area contributed by atoms with Crippen molar-refractivity contribution in [3.63, 3.8) is 0 Å². The standard InChI is InChI=1S/C12H14BrFN2O3/c1-7-3-4-8(14)10(13)11(7)15-12(19)16(2)6-5-9(17)18/h3-4H,5-6H2,1-2H3,(H,15,19)(H,17,18). The van der Waals surface area contributed by atoms with Gasteiger partial charge in [-0.2, -0.15) is 0 Å². The van der Waals surface area contributed by atoms with Crippen molar-refractivity contribution < 1.29 is 19.1 Å². The minimum absolute atomic E-state index is 0.0765. The van der Waals surface area contributed by atoms with Gasteiger partial charge in [0.05, 0.1) is 16.6 Å². The van der Waals surface area contributed by atoms with Gasteiger partial charge in [-0.15, -0.1) is 0 Å². The quantitative estimate of drug-likeness (QED) is 0.890. The number of hydrogen-bond acceptors (Lipinski definition) is 2. The van der Waals surface area contributed by atoms with Crippen LogP contribution in [0, 0.1) is 12.7 Å². The van der Waals surface area contributed by atoms with E-state index >= 15 is 0 Å². The van der Waals surface area contributed by atoms with Crippen molar-refractivity contribution in [2.45, 2.75) is 13.3 Å². The van der Waals surface area contributed by atoms with Crippen LogP contribution >= 0.6 is 15.9 Å². The normalized spacial score (nSPS) is 10.1. The highest BCUT2D eigenvalue weighted by Crippen LogP contribution is 2.29. The highest BCUT2D eigenvalue weighted by atomic mass is 79.9. The van der Waals surface area contributed by atoms with Crippen LogP contribution in [-0.4, -0.2) is 35.6 Å². The molecule has 19 heavy (non-hydrogen) atoms. The van der Waals surface area contributed by atoms with Gasteiger partial charge in [-0.1, -0.05) is 6.07 Å². The largest absolute Gasteiger partial charge is 0.481 e. The molecule has 7 heteroatoms. The summed E-state index contributed by atoms with van der Waals surface area (Å²) in [6.45, 7) is 1.81. The molecule has 0 bridgehead atoms. The lowest BCUT2D eigenvalue weighted by Gasteiger charge is -2.18. The molecule has 0 saturated carbocycles. The number of hydrogen-bond donors (Lipinski definition) is 2. The summed E-state index contributed by atoms with van der Waals surface area (Å²) < 4.78 is 13.5. The topological polar surface area (TPSA) is 69.6 Å². The summed E-state index contributed by atoms with van der Waals surface area (Å²) in [6.07, 6.45) is -0.146. The Bertz CT molecular complexity index is 508. The third-order valence-electron chi connectivity index (χ3n) is 2.54. The van der Waals surface area contributed by atoms with E-state index in [-0.39, 0.29) is 17.4 Å². The van der Waals surface area contributed by atoms with E-state index in [4.69, 9.17) is 5.11 Å². The van der Waals surface area contributed by atoms with Crippen LogP contribution in [0.4, 0.5) is 14.9 Å². The Morgan fingerprint density at radius 1 is 1.47 bits per heavy atom. The number of carbonyl (C=O) groups is 2. The second kappa shape index (κ2) is 6.51. The molecule has 0 aromatic heterocycles. The lowest BCUT2D eigenvalue weighted by Crippen LogP contribution is -2.33. The summed E-state index contributed by atoms with van der Waals surface area (Å²) in [5, 5.41) is 11.1. The number of carboxylic acid groups (broad SMARTS) is 1. The molecule has 0 aliphatic heterocycles. The fourth-order valence-electron chi connectivity index (χ4n) is 1.37. The van der Waals surface area contributed by atoms with E-state index < -0.39 is 17.8 Å². The smallest absolute Gasteiger partial charge is 0.321 e. The average Bonchev–Trinajstić information content (AvgIpc) is 2.36. The average molecular weight is 333 g/mol. The van der Waals surface area contributed by atoms with Gasteiger partial charge in [0.25, 0.3) is 0 Å². The fraction of sp³-hybridized carbons (Fsp3) is 0.333. The second-order valence-electron chi connectivity index (χ2n) is 4.05. The summed E-state index contributed by atoms with van der Waals surface area (Å²) in [6, 6.07) is 2.35. The van der Waals surface area contributed by atoms with Crippen LogP contribution < -0.4 is 5.32 Å². The van der Waals surface area contributed by atoms with Crippen LogP contribution in [0.3, 0.4) is 0 Å². The first-order valence-electron chi connectivity index (χ1n) is 5.51. The molecule has 0 saturated heterocycles. The number of carbonyl (C=O) groups excluding carboxylic acids is 1. The first-order valence-corrected chi connectivity index (χ1v) is 6.30. The first-order chi connectivity index (χ1) is 8.82. The van der Waals surface area contributed by atoms with Crippen molar-refractivity contribution in [3.8, 4) is 0 Å². The van der Waals surface area contributed by atoms with Gasteiger partial charge >= 0.3 is 12.0 Å². The maximum Gasteiger partial charge on any atom is 0.321 e. The molecular formula is C12H14BrFN2O3. The molecule has 2 amide bonds. The molecule has 1 aromatic rings. The third-order valence-corrected chi connectivity index (χ3v) is 3.32. The Morgan fingerprint density at radius 3 is 2.68 bits per heavy atom. The number of benzene rings is 1. The number of urea groups is 1. The number of nitrogens with one attached hydrogen (secondary N) is 1. The zero-order chi connectivity index (χ0) is 14.6. The highest BCUT2D eigenvalue weighted by Gasteiger charge is 2.15. The Hall–Kier alpha value is -1.63. The molecular weight excluding hydrogens is 319 g/mol. The van der Waals surface area contributed by atoms with Crippen LogP contribution in [0.25, 0.3) is 0 Å². The molecule has 0 unspecified atom stereocenters. The molecule has 1 rings (SSSR count). The van der Waals surface area contributed by atoms with Crippen molar-refractivity contribution >= 4 is 33.6 Å². The van der Waals surface area contributed by atoms with Gasteiger partial charge in [-0.05, 0) is 34.5 Å². The number of nitrogens with zero attached hydrogens (tertiary/aromatic N) is 1.